The molecule has 1 fully saturated rings. The molecular formula is C15H21BrFN. The van der Waals surface area contributed by atoms with Gasteiger partial charge >= 0.3 is 0 Å². The van der Waals surface area contributed by atoms with E-state index in [2.05, 4.69) is 35.1 Å². The molecule has 0 saturated carbocycles. The molecule has 100 valence electrons. The maximum Gasteiger partial charge on any atom is 0.124 e. The highest BCUT2D eigenvalue weighted by molar-refractivity contribution is 9.10. The molecule has 1 N–H and O–H groups in total. The molecule has 0 aromatic heterocycles. The van der Waals surface area contributed by atoms with E-state index in [4.69, 9.17) is 0 Å². The first kappa shape index (κ1) is 14.0. The maximum absolute atomic E-state index is 13.2. The van der Waals surface area contributed by atoms with Gasteiger partial charge in [-0.25, -0.2) is 4.39 Å². The van der Waals surface area contributed by atoms with Gasteiger partial charge in [-0.3, -0.25) is 0 Å². The Bertz CT molecular complexity index is 405. The van der Waals surface area contributed by atoms with Crippen LogP contribution < -0.4 is 5.32 Å². The Labute approximate surface area is 117 Å². The largest absolute Gasteiger partial charge is 0.316 e. The predicted octanol–water partition coefficient (Wildman–Crippen LogP) is 4.33. The molecule has 1 aliphatic heterocycles. The third-order valence-corrected chi connectivity index (χ3v) is 4.43. The standard InChI is InChI=1S/C15H21BrFN/c1-10(2)7-11-9-18-6-5-13(11)14-4-3-12(17)8-15(14)16/h3-4,8,10-11,13,18H,5-7,9H2,1-2H3. The number of hydrogen-bond donors (Lipinski definition) is 1. The van der Waals surface area contributed by atoms with Crippen LogP contribution in [-0.2, 0) is 0 Å². The molecule has 1 heterocycles. The third-order valence-electron chi connectivity index (χ3n) is 3.74. The van der Waals surface area contributed by atoms with Crippen LogP contribution in [0, 0.1) is 17.7 Å². The summed E-state index contributed by atoms with van der Waals surface area (Å²) < 4.78 is 14.1. The summed E-state index contributed by atoms with van der Waals surface area (Å²) in [5.41, 5.74) is 1.27. The van der Waals surface area contributed by atoms with Crippen LogP contribution >= 0.6 is 15.9 Å². The van der Waals surface area contributed by atoms with Gasteiger partial charge in [0.05, 0.1) is 0 Å². The lowest BCUT2D eigenvalue weighted by atomic mass is 9.77. The van der Waals surface area contributed by atoms with Gasteiger partial charge in [0.2, 0.25) is 0 Å². The maximum atomic E-state index is 13.2. The lowest BCUT2D eigenvalue weighted by Crippen LogP contribution is -2.36. The minimum absolute atomic E-state index is 0.167. The van der Waals surface area contributed by atoms with Crippen LogP contribution in [0.25, 0.3) is 0 Å². The fourth-order valence-corrected chi connectivity index (χ4v) is 3.63. The van der Waals surface area contributed by atoms with Crippen molar-refractivity contribution in [1.82, 2.24) is 5.32 Å². The smallest absolute Gasteiger partial charge is 0.124 e. The van der Waals surface area contributed by atoms with Gasteiger partial charge in [0, 0.05) is 4.47 Å². The number of piperidine rings is 1. The lowest BCUT2D eigenvalue weighted by molar-refractivity contribution is 0.279. The summed E-state index contributed by atoms with van der Waals surface area (Å²) >= 11 is 3.52. The van der Waals surface area contributed by atoms with Gasteiger partial charge in [-0.1, -0.05) is 35.8 Å². The van der Waals surface area contributed by atoms with Gasteiger partial charge in [-0.05, 0) is 61.4 Å². The second-order valence-corrected chi connectivity index (χ2v) is 6.51. The highest BCUT2D eigenvalue weighted by atomic mass is 79.9. The average Bonchev–Trinajstić information content (AvgIpc) is 2.30. The van der Waals surface area contributed by atoms with E-state index in [1.807, 2.05) is 6.07 Å². The Morgan fingerprint density at radius 3 is 2.89 bits per heavy atom. The molecule has 2 unspecified atom stereocenters. The average molecular weight is 314 g/mol. The molecule has 0 aliphatic carbocycles. The molecule has 1 saturated heterocycles. The number of halogens is 2. The van der Waals surface area contributed by atoms with Gasteiger partial charge in [0.15, 0.2) is 0 Å². The topological polar surface area (TPSA) is 12.0 Å². The van der Waals surface area contributed by atoms with E-state index in [-0.39, 0.29) is 5.82 Å². The van der Waals surface area contributed by atoms with Crippen LogP contribution in [0.5, 0.6) is 0 Å². The number of rotatable bonds is 3. The van der Waals surface area contributed by atoms with Crippen LogP contribution in [0.15, 0.2) is 22.7 Å². The quantitative estimate of drug-likeness (QED) is 0.876. The van der Waals surface area contributed by atoms with Gasteiger partial charge in [0.25, 0.3) is 0 Å². The SMILES string of the molecule is CC(C)CC1CNCCC1c1ccc(F)cc1Br. The third kappa shape index (κ3) is 3.33. The van der Waals surface area contributed by atoms with E-state index in [1.54, 1.807) is 12.1 Å². The van der Waals surface area contributed by atoms with E-state index in [0.29, 0.717) is 17.8 Å². The van der Waals surface area contributed by atoms with Crippen LogP contribution in [0.1, 0.15) is 38.2 Å². The molecule has 3 heteroatoms. The Balaban J connectivity index is 2.22. The zero-order valence-corrected chi connectivity index (χ0v) is 12.6. The van der Waals surface area contributed by atoms with Crippen LogP contribution in [0.2, 0.25) is 0 Å². The molecule has 18 heavy (non-hydrogen) atoms. The zero-order valence-electron chi connectivity index (χ0n) is 11.0. The first-order valence-corrected chi connectivity index (χ1v) is 7.53. The number of nitrogens with one attached hydrogen (secondary N) is 1. The molecule has 0 amide bonds. The van der Waals surface area contributed by atoms with Crippen LogP contribution in [0.4, 0.5) is 4.39 Å². The van der Waals surface area contributed by atoms with E-state index >= 15 is 0 Å². The second-order valence-electron chi connectivity index (χ2n) is 5.65. The van der Waals surface area contributed by atoms with Crippen molar-refractivity contribution in [1.29, 1.82) is 0 Å². The van der Waals surface area contributed by atoms with Crippen molar-refractivity contribution in [2.45, 2.75) is 32.6 Å². The summed E-state index contributed by atoms with van der Waals surface area (Å²) in [6.45, 7) is 6.67. The molecule has 2 rings (SSSR count). The van der Waals surface area contributed by atoms with Gasteiger partial charge in [-0.15, -0.1) is 0 Å². The van der Waals surface area contributed by atoms with Crippen molar-refractivity contribution in [3.05, 3.63) is 34.1 Å². The highest BCUT2D eigenvalue weighted by Crippen LogP contribution is 2.37. The summed E-state index contributed by atoms with van der Waals surface area (Å²) in [5.74, 6) is 1.74. The predicted molar refractivity (Wildman–Crippen MR) is 77.3 cm³/mol. The first-order chi connectivity index (χ1) is 8.58. The van der Waals surface area contributed by atoms with E-state index in [0.717, 1.165) is 24.0 Å². The Kier molecular flexibility index (Phi) is 4.79. The molecule has 0 radical (unpaired) electrons. The van der Waals surface area contributed by atoms with Crippen LogP contribution in [0.3, 0.4) is 0 Å². The van der Waals surface area contributed by atoms with Gasteiger partial charge in [0.1, 0.15) is 5.82 Å². The minimum Gasteiger partial charge on any atom is -0.316 e. The summed E-state index contributed by atoms with van der Waals surface area (Å²) in [6.07, 6.45) is 2.36. The Morgan fingerprint density at radius 1 is 1.44 bits per heavy atom. The summed E-state index contributed by atoms with van der Waals surface area (Å²) in [4.78, 5) is 0. The highest BCUT2D eigenvalue weighted by Gasteiger charge is 2.28. The molecule has 1 nitrogen and oxygen atoms in total. The zero-order chi connectivity index (χ0) is 13.1. The molecule has 1 aromatic carbocycles. The minimum atomic E-state index is -0.167. The molecule has 0 spiro atoms. The van der Waals surface area contributed by atoms with E-state index < -0.39 is 0 Å². The summed E-state index contributed by atoms with van der Waals surface area (Å²) in [7, 11) is 0. The first-order valence-electron chi connectivity index (χ1n) is 6.73. The molecule has 2 atom stereocenters. The van der Waals surface area contributed by atoms with Crippen molar-refractivity contribution in [3.8, 4) is 0 Å². The van der Waals surface area contributed by atoms with E-state index in [1.165, 1.54) is 12.0 Å². The van der Waals surface area contributed by atoms with Crippen molar-refractivity contribution in [2.24, 2.45) is 11.8 Å². The van der Waals surface area contributed by atoms with E-state index in [9.17, 15) is 4.39 Å². The fraction of sp³-hybridized carbons (Fsp3) is 0.600. The van der Waals surface area contributed by atoms with Crippen molar-refractivity contribution < 1.29 is 4.39 Å². The molecular weight excluding hydrogens is 293 g/mol. The fourth-order valence-electron chi connectivity index (χ4n) is 2.99. The second kappa shape index (κ2) is 6.16. The van der Waals surface area contributed by atoms with Gasteiger partial charge < -0.3 is 5.32 Å². The summed E-state index contributed by atoms with van der Waals surface area (Å²) in [6, 6.07) is 5.11. The van der Waals surface area contributed by atoms with Gasteiger partial charge in [-0.2, -0.15) is 0 Å². The Hall–Kier alpha value is -0.410. The number of hydrogen-bond acceptors (Lipinski definition) is 1. The van der Waals surface area contributed by atoms with Crippen molar-refractivity contribution >= 4 is 15.9 Å². The number of benzene rings is 1. The van der Waals surface area contributed by atoms with Crippen molar-refractivity contribution in [3.63, 3.8) is 0 Å². The van der Waals surface area contributed by atoms with Crippen LogP contribution in [-0.4, -0.2) is 13.1 Å². The summed E-state index contributed by atoms with van der Waals surface area (Å²) in [5, 5.41) is 3.48. The molecule has 1 aliphatic rings. The molecule has 0 bridgehead atoms. The normalized spacial score (nSPS) is 24.5. The lowest BCUT2D eigenvalue weighted by Gasteiger charge is -2.34. The monoisotopic (exact) mass is 313 g/mol. The Morgan fingerprint density at radius 2 is 2.22 bits per heavy atom. The molecule has 1 aromatic rings. The van der Waals surface area contributed by atoms with Crippen molar-refractivity contribution in [2.75, 3.05) is 13.1 Å².